The van der Waals surface area contributed by atoms with Crippen LogP contribution >= 0.6 is 0 Å². The molecule has 0 atom stereocenters. The first kappa shape index (κ1) is 16.7. The predicted octanol–water partition coefficient (Wildman–Crippen LogP) is 4.93. The Morgan fingerprint density at radius 3 is 1.81 bits per heavy atom. The van der Waals surface area contributed by atoms with E-state index < -0.39 is 8.56 Å². The second-order valence-electron chi connectivity index (χ2n) is 8.29. The molecule has 1 aromatic rings. The molecule has 0 radical (unpaired) electrons. The highest BCUT2D eigenvalue weighted by Crippen LogP contribution is 2.53. The van der Waals surface area contributed by atoms with Crippen molar-refractivity contribution in [3.63, 3.8) is 0 Å². The quantitative estimate of drug-likeness (QED) is 0.721. The molecule has 0 amide bonds. The lowest BCUT2D eigenvalue weighted by molar-refractivity contribution is 0.0324. The van der Waals surface area contributed by atoms with Gasteiger partial charge in [0.15, 0.2) is 0 Å². The van der Waals surface area contributed by atoms with E-state index in [0.29, 0.717) is 5.92 Å². The normalized spacial score (nSPS) is 20.5. The first-order chi connectivity index (χ1) is 9.66. The predicted molar refractivity (Wildman–Crippen MR) is 90.7 cm³/mol. The Hall–Kier alpha value is -0.643. The van der Waals surface area contributed by atoms with Crippen LogP contribution in [0.5, 0.6) is 0 Å². The summed E-state index contributed by atoms with van der Waals surface area (Å²) in [5.74, 6) is 0.470. The fourth-order valence-corrected chi connectivity index (χ4v) is 8.62. The molecule has 1 aliphatic heterocycles. The maximum Gasteiger partial charge on any atom is 0.349 e. The summed E-state index contributed by atoms with van der Waals surface area (Å²) in [5, 5.41) is 0.173. The standard InChI is InChI=1S/C18H30O2Si/c1-17(2,3)21(18(4,5)6)19-13-16(14-20-21)12-15-10-8-7-9-11-15/h7-11,16H,12-14H2,1-6H3. The largest absolute Gasteiger partial charge is 0.393 e. The Morgan fingerprint density at radius 2 is 1.38 bits per heavy atom. The summed E-state index contributed by atoms with van der Waals surface area (Å²) in [7, 11) is -2.24. The maximum atomic E-state index is 6.50. The molecule has 0 bridgehead atoms. The van der Waals surface area contributed by atoms with E-state index in [1.807, 2.05) is 0 Å². The second-order valence-corrected chi connectivity index (χ2v) is 13.1. The summed E-state index contributed by atoms with van der Waals surface area (Å²) >= 11 is 0. The number of hydrogen-bond acceptors (Lipinski definition) is 2. The van der Waals surface area contributed by atoms with Gasteiger partial charge in [-0.1, -0.05) is 71.9 Å². The molecule has 0 unspecified atom stereocenters. The van der Waals surface area contributed by atoms with Crippen molar-refractivity contribution in [1.82, 2.24) is 0 Å². The Kier molecular flexibility index (Phi) is 4.67. The van der Waals surface area contributed by atoms with E-state index in [-0.39, 0.29) is 10.1 Å². The number of benzene rings is 1. The van der Waals surface area contributed by atoms with Gasteiger partial charge in [0.05, 0.1) is 0 Å². The average molecular weight is 307 g/mol. The van der Waals surface area contributed by atoms with Crippen molar-refractivity contribution in [2.75, 3.05) is 13.2 Å². The van der Waals surface area contributed by atoms with Gasteiger partial charge in [-0.2, -0.15) is 0 Å². The molecular weight excluding hydrogens is 276 g/mol. The van der Waals surface area contributed by atoms with Crippen LogP contribution in [0, 0.1) is 5.92 Å². The second kappa shape index (κ2) is 5.86. The lowest BCUT2D eigenvalue weighted by atomic mass is 10.0. The van der Waals surface area contributed by atoms with Crippen LogP contribution in [0.1, 0.15) is 47.1 Å². The molecule has 0 saturated carbocycles. The van der Waals surface area contributed by atoms with Crippen LogP contribution in [0.25, 0.3) is 0 Å². The third-order valence-electron chi connectivity index (χ3n) is 4.39. The van der Waals surface area contributed by atoms with Gasteiger partial charge in [0, 0.05) is 29.2 Å². The van der Waals surface area contributed by atoms with E-state index in [0.717, 1.165) is 19.6 Å². The summed E-state index contributed by atoms with van der Waals surface area (Å²) in [6, 6.07) is 10.6. The van der Waals surface area contributed by atoms with Crippen LogP contribution in [-0.2, 0) is 15.3 Å². The lowest BCUT2D eigenvalue weighted by Crippen LogP contribution is -2.61. The number of hydrogen-bond donors (Lipinski definition) is 0. The van der Waals surface area contributed by atoms with Crippen molar-refractivity contribution in [3.05, 3.63) is 35.9 Å². The molecule has 2 rings (SSSR count). The summed E-state index contributed by atoms with van der Waals surface area (Å²) in [6.07, 6.45) is 1.04. The van der Waals surface area contributed by atoms with Crippen LogP contribution in [-0.4, -0.2) is 21.8 Å². The Morgan fingerprint density at radius 1 is 0.905 bits per heavy atom. The van der Waals surface area contributed by atoms with Crippen molar-refractivity contribution in [2.45, 2.75) is 58.0 Å². The summed E-state index contributed by atoms with van der Waals surface area (Å²) < 4.78 is 13.0. The maximum absolute atomic E-state index is 6.50. The molecule has 21 heavy (non-hydrogen) atoms. The van der Waals surface area contributed by atoms with Crippen LogP contribution in [0.15, 0.2) is 30.3 Å². The van der Waals surface area contributed by atoms with Crippen molar-refractivity contribution < 1.29 is 8.85 Å². The Balaban J connectivity index is 2.07. The molecule has 1 aliphatic rings. The zero-order valence-electron chi connectivity index (χ0n) is 14.4. The highest BCUT2D eigenvalue weighted by atomic mass is 28.4. The smallest absolute Gasteiger partial charge is 0.349 e. The molecule has 1 heterocycles. The molecule has 0 spiro atoms. The molecule has 0 aromatic heterocycles. The minimum atomic E-state index is -2.24. The average Bonchev–Trinajstić information content (AvgIpc) is 2.38. The molecular formula is C18H30O2Si. The van der Waals surface area contributed by atoms with E-state index >= 15 is 0 Å². The van der Waals surface area contributed by atoms with Crippen LogP contribution < -0.4 is 0 Å². The summed E-state index contributed by atoms with van der Waals surface area (Å²) in [5.41, 5.74) is 1.37. The van der Waals surface area contributed by atoms with Gasteiger partial charge >= 0.3 is 8.56 Å². The minimum Gasteiger partial charge on any atom is -0.393 e. The van der Waals surface area contributed by atoms with Gasteiger partial charge < -0.3 is 8.85 Å². The molecule has 1 saturated heterocycles. The molecule has 0 N–H and O–H groups in total. The van der Waals surface area contributed by atoms with E-state index in [9.17, 15) is 0 Å². The van der Waals surface area contributed by atoms with E-state index in [2.05, 4.69) is 71.9 Å². The molecule has 0 aliphatic carbocycles. The third-order valence-corrected chi connectivity index (χ3v) is 9.48. The third kappa shape index (κ3) is 3.41. The SMILES string of the molecule is CC(C)(C)[Si]1(C(C)(C)C)OCC(Cc2ccccc2)CO1. The molecule has 3 heteroatoms. The highest BCUT2D eigenvalue weighted by Gasteiger charge is 2.59. The van der Waals surface area contributed by atoms with Gasteiger partial charge in [-0.25, -0.2) is 0 Å². The highest BCUT2D eigenvalue weighted by molar-refractivity contribution is 6.73. The van der Waals surface area contributed by atoms with Crippen molar-refractivity contribution in [1.29, 1.82) is 0 Å². The topological polar surface area (TPSA) is 18.5 Å². The summed E-state index contributed by atoms with van der Waals surface area (Å²) in [6.45, 7) is 15.3. The zero-order valence-corrected chi connectivity index (χ0v) is 15.4. The van der Waals surface area contributed by atoms with E-state index in [1.54, 1.807) is 0 Å². The van der Waals surface area contributed by atoms with Gasteiger partial charge in [0.2, 0.25) is 0 Å². The van der Waals surface area contributed by atoms with E-state index in [4.69, 9.17) is 8.85 Å². The fraction of sp³-hybridized carbons (Fsp3) is 0.667. The van der Waals surface area contributed by atoms with Crippen LogP contribution in [0.2, 0.25) is 10.1 Å². The monoisotopic (exact) mass is 306 g/mol. The minimum absolute atomic E-state index is 0.0863. The van der Waals surface area contributed by atoms with Gasteiger partial charge in [-0.05, 0) is 12.0 Å². The van der Waals surface area contributed by atoms with Crippen molar-refractivity contribution in [3.8, 4) is 0 Å². The van der Waals surface area contributed by atoms with Crippen LogP contribution in [0.3, 0.4) is 0 Å². The molecule has 1 aromatic carbocycles. The van der Waals surface area contributed by atoms with Gasteiger partial charge in [-0.3, -0.25) is 0 Å². The van der Waals surface area contributed by atoms with Gasteiger partial charge in [0.1, 0.15) is 0 Å². The molecule has 1 fully saturated rings. The summed E-state index contributed by atoms with van der Waals surface area (Å²) in [4.78, 5) is 0. The van der Waals surface area contributed by atoms with Gasteiger partial charge in [0.25, 0.3) is 0 Å². The van der Waals surface area contributed by atoms with E-state index in [1.165, 1.54) is 5.56 Å². The first-order valence-electron chi connectivity index (χ1n) is 7.97. The fourth-order valence-electron chi connectivity index (χ4n) is 3.62. The van der Waals surface area contributed by atoms with Crippen molar-refractivity contribution in [2.24, 2.45) is 5.92 Å². The Bertz CT molecular complexity index is 432. The molecule has 2 nitrogen and oxygen atoms in total. The zero-order chi connectivity index (χ0) is 15.7. The first-order valence-corrected chi connectivity index (χ1v) is 9.79. The van der Waals surface area contributed by atoms with Gasteiger partial charge in [-0.15, -0.1) is 0 Å². The molecule has 118 valence electrons. The number of rotatable bonds is 2. The Labute approximate surface area is 131 Å². The lowest BCUT2D eigenvalue weighted by Gasteiger charge is -2.52. The van der Waals surface area contributed by atoms with Crippen LogP contribution in [0.4, 0.5) is 0 Å². The van der Waals surface area contributed by atoms with Crippen molar-refractivity contribution >= 4 is 8.56 Å².